The Kier molecular flexibility index (Phi) is 5.17. The first-order valence-electron chi connectivity index (χ1n) is 7.94. The molecular formula is C19H19FN4O2. The van der Waals surface area contributed by atoms with E-state index >= 15 is 0 Å². The lowest BCUT2D eigenvalue weighted by molar-refractivity contribution is 0.395. The fourth-order valence-corrected chi connectivity index (χ4v) is 2.39. The van der Waals surface area contributed by atoms with E-state index in [-0.39, 0.29) is 5.82 Å². The van der Waals surface area contributed by atoms with Crippen LogP contribution >= 0.6 is 0 Å². The van der Waals surface area contributed by atoms with E-state index in [1.165, 1.54) is 12.1 Å². The Balaban J connectivity index is 1.85. The highest BCUT2D eigenvalue weighted by Crippen LogP contribution is 2.31. The van der Waals surface area contributed by atoms with Crippen LogP contribution in [-0.2, 0) is 0 Å². The maximum atomic E-state index is 13.0. The van der Waals surface area contributed by atoms with Crippen LogP contribution in [0.2, 0.25) is 0 Å². The Hall–Kier alpha value is -3.35. The Morgan fingerprint density at radius 3 is 2.35 bits per heavy atom. The molecule has 0 saturated carbocycles. The quantitative estimate of drug-likeness (QED) is 0.683. The molecule has 0 fully saturated rings. The number of anilines is 4. The van der Waals surface area contributed by atoms with Gasteiger partial charge in [0.1, 0.15) is 23.1 Å². The molecule has 0 unspecified atom stereocenters. The highest BCUT2D eigenvalue weighted by Gasteiger charge is 2.09. The highest BCUT2D eigenvalue weighted by molar-refractivity contribution is 5.66. The van der Waals surface area contributed by atoms with Gasteiger partial charge in [0.15, 0.2) is 0 Å². The first-order chi connectivity index (χ1) is 12.6. The van der Waals surface area contributed by atoms with Gasteiger partial charge in [0.2, 0.25) is 5.95 Å². The van der Waals surface area contributed by atoms with Gasteiger partial charge in [-0.1, -0.05) is 0 Å². The molecule has 7 heteroatoms. The molecule has 0 amide bonds. The van der Waals surface area contributed by atoms with Crippen molar-refractivity contribution in [3.8, 4) is 11.5 Å². The summed E-state index contributed by atoms with van der Waals surface area (Å²) in [5.41, 5.74) is 2.23. The molecule has 0 aliphatic carbocycles. The van der Waals surface area contributed by atoms with Crippen molar-refractivity contribution >= 4 is 23.1 Å². The van der Waals surface area contributed by atoms with Crippen LogP contribution in [0.1, 0.15) is 5.69 Å². The number of rotatable bonds is 6. The molecule has 134 valence electrons. The van der Waals surface area contributed by atoms with Crippen LogP contribution in [0.4, 0.5) is 27.5 Å². The van der Waals surface area contributed by atoms with Crippen molar-refractivity contribution in [2.75, 3.05) is 24.9 Å². The van der Waals surface area contributed by atoms with Gasteiger partial charge in [-0.15, -0.1) is 0 Å². The second-order valence-corrected chi connectivity index (χ2v) is 5.54. The van der Waals surface area contributed by atoms with Gasteiger partial charge in [0.25, 0.3) is 0 Å². The summed E-state index contributed by atoms with van der Waals surface area (Å²) in [5.74, 6) is 2.03. The van der Waals surface area contributed by atoms with E-state index in [2.05, 4.69) is 20.6 Å². The standard InChI is InChI=1S/C19H19FN4O2/c1-12-10-18(22-14-6-4-13(20)5-7-14)24-19(21-12)23-16-9-8-15(25-2)11-17(16)26-3/h4-11H,1-3H3,(H2,21,22,23,24). The van der Waals surface area contributed by atoms with E-state index < -0.39 is 0 Å². The van der Waals surface area contributed by atoms with Crippen molar-refractivity contribution in [2.45, 2.75) is 6.92 Å². The summed E-state index contributed by atoms with van der Waals surface area (Å²) in [6.07, 6.45) is 0. The van der Waals surface area contributed by atoms with Crippen LogP contribution in [0.3, 0.4) is 0 Å². The van der Waals surface area contributed by atoms with Crippen LogP contribution in [0, 0.1) is 12.7 Å². The SMILES string of the molecule is COc1ccc(Nc2nc(C)cc(Nc3ccc(F)cc3)n2)c(OC)c1. The molecule has 26 heavy (non-hydrogen) atoms. The summed E-state index contributed by atoms with van der Waals surface area (Å²) >= 11 is 0. The van der Waals surface area contributed by atoms with Crippen molar-refractivity contribution in [3.63, 3.8) is 0 Å². The van der Waals surface area contributed by atoms with Crippen LogP contribution in [-0.4, -0.2) is 24.2 Å². The van der Waals surface area contributed by atoms with Crippen molar-refractivity contribution in [2.24, 2.45) is 0 Å². The number of benzene rings is 2. The molecule has 1 heterocycles. The first-order valence-corrected chi connectivity index (χ1v) is 7.94. The number of nitrogens with zero attached hydrogens (tertiary/aromatic N) is 2. The summed E-state index contributed by atoms with van der Waals surface area (Å²) < 4.78 is 23.6. The Bertz CT molecular complexity index is 901. The fourth-order valence-electron chi connectivity index (χ4n) is 2.39. The van der Waals surface area contributed by atoms with Gasteiger partial charge in [0, 0.05) is 23.5 Å². The number of hydrogen-bond donors (Lipinski definition) is 2. The number of aromatic nitrogens is 2. The largest absolute Gasteiger partial charge is 0.497 e. The highest BCUT2D eigenvalue weighted by atomic mass is 19.1. The van der Waals surface area contributed by atoms with Crippen molar-refractivity contribution in [1.29, 1.82) is 0 Å². The minimum absolute atomic E-state index is 0.289. The molecule has 0 bridgehead atoms. The summed E-state index contributed by atoms with van der Waals surface area (Å²) in [5, 5.41) is 6.28. The van der Waals surface area contributed by atoms with Crippen LogP contribution in [0.15, 0.2) is 48.5 Å². The zero-order valence-electron chi connectivity index (χ0n) is 14.7. The van der Waals surface area contributed by atoms with Crippen molar-refractivity contribution < 1.29 is 13.9 Å². The molecule has 0 aliphatic heterocycles. The number of aryl methyl sites for hydroxylation is 1. The molecule has 0 aliphatic rings. The lowest BCUT2D eigenvalue weighted by atomic mass is 10.2. The van der Waals surface area contributed by atoms with E-state index in [0.717, 1.165) is 11.4 Å². The Labute approximate surface area is 151 Å². The van der Waals surface area contributed by atoms with Gasteiger partial charge in [-0.05, 0) is 43.3 Å². The molecule has 6 nitrogen and oxygen atoms in total. The van der Waals surface area contributed by atoms with Gasteiger partial charge in [-0.2, -0.15) is 4.98 Å². The van der Waals surface area contributed by atoms with E-state index in [1.54, 1.807) is 38.5 Å². The third kappa shape index (κ3) is 4.18. The lowest BCUT2D eigenvalue weighted by Gasteiger charge is -2.13. The van der Waals surface area contributed by atoms with Crippen LogP contribution in [0.5, 0.6) is 11.5 Å². The molecular weight excluding hydrogens is 335 g/mol. The molecule has 1 aromatic heterocycles. The average Bonchev–Trinajstić information content (AvgIpc) is 2.63. The molecule has 0 radical (unpaired) electrons. The van der Waals surface area contributed by atoms with Gasteiger partial charge >= 0.3 is 0 Å². The second-order valence-electron chi connectivity index (χ2n) is 5.54. The zero-order valence-corrected chi connectivity index (χ0v) is 14.7. The molecule has 0 atom stereocenters. The monoisotopic (exact) mass is 354 g/mol. The summed E-state index contributed by atoms with van der Waals surface area (Å²) in [6, 6.07) is 13.3. The van der Waals surface area contributed by atoms with E-state index in [9.17, 15) is 4.39 Å². The predicted molar refractivity (Wildman–Crippen MR) is 99.3 cm³/mol. The number of ether oxygens (including phenoxy) is 2. The van der Waals surface area contributed by atoms with E-state index in [1.807, 2.05) is 19.1 Å². The number of nitrogens with one attached hydrogen (secondary N) is 2. The Morgan fingerprint density at radius 1 is 0.885 bits per heavy atom. The third-order valence-corrected chi connectivity index (χ3v) is 3.63. The summed E-state index contributed by atoms with van der Waals surface area (Å²) in [6.45, 7) is 1.87. The number of methoxy groups -OCH3 is 2. The first kappa shape index (κ1) is 17.5. The average molecular weight is 354 g/mol. The Morgan fingerprint density at radius 2 is 1.65 bits per heavy atom. The molecule has 2 aromatic carbocycles. The van der Waals surface area contributed by atoms with E-state index in [4.69, 9.17) is 9.47 Å². The minimum Gasteiger partial charge on any atom is -0.497 e. The van der Waals surface area contributed by atoms with Crippen molar-refractivity contribution in [3.05, 3.63) is 60.0 Å². The smallest absolute Gasteiger partial charge is 0.229 e. The van der Waals surface area contributed by atoms with Gasteiger partial charge in [-0.3, -0.25) is 0 Å². The number of hydrogen-bond acceptors (Lipinski definition) is 6. The maximum Gasteiger partial charge on any atom is 0.229 e. The van der Waals surface area contributed by atoms with Gasteiger partial charge in [-0.25, -0.2) is 9.37 Å². The van der Waals surface area contributed by atoms with Crippen molar-refractivity contribution in [1.82, 2.24) is 9.97 Å². The zero-order chi connectivity index (χ0) is 18.5. The summed E-state index contributed by atoms with van der Waals surface area (Å²) in [7, 11) is 3.18. The molecule has 2 N–H and O–H groups in total. The predicted octanol–water partition coefficient (Wildman–Crippen LogP) is 4.43. The molecule has 0 saturated heterocycles. The van der Waals surface area contributed by atoms with Gasteiger partial charge in [0.05, 0.1) is 19.9 Å². The molecule has 3 rings (SSSR count). The minimum atomic E-state index is -0.289. The second kappa shape index (κ2) is 7.69. The molecule has 0 spiro atoms. The lowest BCUT2D eigenvalue weighted by Crippen LogP contribution is -2.03. The molecule has 3 aromatic rings. The van der Waals surface area contributed by atoms with Crippen LogP contribution in [0.25, 0.3) is 0 Å². The van der Waals surface area contributed by atoms with Gasteiger partial charge < -0.3 is 20.1 Å². The topological polar surface area (TPSA) is 68.3 Å². The number of halogens is 1. The normalized spacial score (nSPS) is 10.3. The van der Waals surface area contributed by atoms with E-state index in [0.29, 0.717) is 29.0 Å². The van der Waals surface area contributed by atoms with Crippen LogP contribution < -0.4 is 20.1 Å². The third-order valence-electron chi connectivity index (χ3n) is 3.63. The summed E-state index contributed by atoms with van der Waals surface area (Å²) in [4.78, 5) is 8.84. The maximum absolute atomic E-state index is 13.0. The fraction of sp³-hybridized carbons (Fsp3) is 0.158.